The van der Waals surface area contributed by atoms with Crippen LogP contribution in [0.5, 0.6) is 5.75 Å². The Balaban J connectivity index is 1.77. The maximum atomic E-state index is 12.9. The summed E-state index contributed by atoms with van der Waals surface area (Å²) in [7, 11) is 0. The molecular formula is C22H23ClN2O2S. The molecule has 0 aliphatic carbocycles. The maximum Gasteiger partial charge on any atom is 0.255 e. The number of nitrogens with one attached hydrogen (secondary N) is 1. The number of amides is 1. The van der Waals surface area contributed by atoms with Crippen molar-refractivity contribution in [3.8, 4) is 5.75 Å². The molecule has 6 heteroatoms. The molecule has 1 aromatic heterocycles. The fraction of sp³-hybridized carbons (Fsp3) is 0.273. The minimum atomic E-state index is -0.179. The highest BCUT2D eigenvalue weighted by atomic mass is 35.5. The van der Waals surface area contributed by atoms with Crippen molar-refractivity contribution in [3.63, 3.8) is 0 Å². The normalized spacial score (nSPS) is 10.7. The van der Waals surface area contributed by atoms with Crippen LogP contribution in [-0.2, 0) is 19.4 Å². The van der Waals surface area contributed by atoms with E-state index in [0.717, 1.165) is 40.4 Å². The van der Waals surface area contributed by atoms with Crippen LogP contribution in [0.4, 0.5) is 5.69 Å². The summed E-state index contributed by atoms with van der Waals surface area (Å²) < 4.78 is 5.80. The number of aryl methyl sites for hydroxylation is 2. The van der Waals surface area contributed by atoms with Gasteiger partial charge in [0.25, 0.3) is 5.91 Å². The third-order valence-electron chi connectivity index (χ3n) is 4.46. The molecule has 0 saturated carbocycles. The van der Waals surface area contributed by atoms with E-state index < -0.39 is 0 Å². The summed E-state index contributed by atoms with van der Waals surface area (Å²) in [4.78, 5) is 17.3. The van der Waals surface area contributed by atoms with E-state index in [4.69, 9.17) is 16.3 Å². The van der Waals surface area contributed by atoms with Gasteiger partial charge in [-0.1, -0.05) is 37.6 Å². The van der Waals surface area contributed by atoms with E-state index in [1.165, 1.54) is 0 Å². The quantitative estimate of drug-likeness (QED) is 0.511. The minimum Gasteiger partial charge on any atom is -0.487 e. The summed E-state index contributed by atoms with van der Waals surface area (Å²) >= 11 is 7.93. The molecule has 0 radical (unpaired) electrons. The first-order valence-corrected chi connectivity index (χ1v) is 10.5. The van der Waals surface area contributed by atoms with Gasteiger partial charge < -0.3 is 10.1 Å². The zero-order valence-corrected chi connectivity index (χ0v) is 17.8. The predicted molar refractivity (Wildman–Crippen MR) is 116 cm³/mol. The van der Waals surface area contributed by atoms with Crippen molar-refractivity contribution in [3.05, 3.63) is 74.2 Å². The number of anilines is 1. The number of benzene rings is 2. The van der Waals surface area contributed by atoms with Crippen LogP contribution in [0.15, 0.2) is 41.8 Å². The van der Waals surface area contributed by atoms with Crippen molar-refractivity contribution in [2.75, 3.05) is 5.32 Å². The predicted octanol–water partition coefficient (Wildman–Crippen LogP) is 6.06. The lowest BCUT2D eigenvalue weighted by Gasteiger charge is -2.16. The molecule has 1 amide bonds. The van der Waals surface area contributed by atoms with Gasteiger partial charge in [-0.15, -0.1) is 11.3 Å². The van der Waals surface area contributed by atoms with Crippen LogP contribution in [0, 0.1) is 6.92 Å². The molecule has 0 atom stereocenters. The molecule has 0 aliphatic heterocycles. The summed E-state index contributed by atoms with van der Waals surface area (Å²) in [5.41, 5.74) is 4.26. The van der Waals surface area contributed by atoms with Gasteiger partial charge >= 0.3 is 0 Å². The van der Waals surface area contributed by atoms with Gasteiger partial charge in [-0.3, -0.25) is 4.79 Å². The average Bonchev–Trinajstić information content (AvgIpc) is 3.12. The minimum absolute atomic E-state index is 0.179. The van der Waals surface area contributed by atoms with Crippen LogP contribution in [0.2, 0.25) is 5.02 Å². The SMILES string of the molecule is CCc1ccc(Cl)c(CC)c1NC(=O)c1cccc(OCc2csc(C)n2)c1. The van der Waals surface area contributed by atoms with Crippen LogP contribution >= 0.6 is 22.9 Å². The summed E-state index contributed by atoms with van der Waals surface area (Å²) in [6.45, 7) is 6.44. The van der Waals surface area contributed by atoms with Crippen molar-refractivity contribution >= 4 is 34.5 Å². The molecule has 0 spiro atoms. The third-order valence-corrected chi connectivity index (χ3v) is 5.64. The van der Waals surface area contributed by atoms with E-state index in [-0.39, 0.29) is 5.91 Å². The van der Waals surface area contributed by atoms with E-state index in [1.807, 2.05) is 43.5 Å². The molecule has 4 nitrogen and oxygen atoms in total. The third kappa shape index (κ3) is 4.72. The Hall–Kier alpha value is -2.37. The smallest absolute Gasteiger partial charge is 0.255 e. The molecule has 0 aliphatic rings. The van der Waals surface area contributed by atoms with Crippen molar-refractivity contribution in [2.45, 2.75) is 40.2 Å². The lowest BCUT2D eigenvalue weighted by molar-refractivity contribution is 0.102. The molecule has 28 heavy (non-hydrogen) atoms. The Morgan fingerprint density at radius 2 is 2.04 bits per heavy atom. The number of hydrogen-bond acceptors (Lipinski definition) is 4. The van der Waals surface area contributed by atoms with Gasteiger partial charge in [0.15, 0.2) is 0 Å². The van der Waals surface area contributed by atoms with Crippen molar-refractivity contribution in [2.24, 2.45) is 0 Å². The molecule has 146 valence electrons. The second-order valence-electron chi connectivity index (χ2n) is 6.40. The molecule has 0 saturated heterocycles. The Morgan fingerprint density at radius 3 is 2.71 bits per heavy atom. The van der Waals surface area contributed by atoms with Crippen molar-refractivity contribution in [1.82, 2.24) is 4.98 Å². The first kappa shape index (κ1) is 20.4. The Morgan fingerprint density at radius 1 is 1.21 bits per heavy atom. The maximum absolute atomic E-state index is 12.9. The van der Waals surface area contributed by atoms with E-state index in [9.17, 15) is 4.79 Å². The molecule has 1 heterocycles. The summed E-state index contributed by atoms with van der Waals surface area (Å²) in [5, 5.41) is 6.71. The second kappa shape index (κ2) is 9.22. The first-order chi connectivity index (χ1) is 13.5. The molecule has 3 aromatic rings. The van der Waals surface area contributed by atoms with Gasteiger partial charge in [0, 0.05) is 21.7 Å². The molecule has 3 rings (SSSR count). The summed E-state index contributed by atoms with van der Waals surface area (Å²) in [6, 6.07) is 11.0. The largest absolute Gasteiger partial charge is 0.487 e. The van der Waals surface area contributed by atoms with Crippen LogP contribution < -0.4 is 10.1 Å². The molecule has 0 unspecified atom stereocenters. The van der Waals surface area contributed by atoms with Gasteiger partial charge in [-0.05, 0) is 55.2 Å². The van der Waals surface area contributed by atoms with Crippen molar-refractivity contribution < 1.29 is 9.53 Å². The fourth-order valence-electron chi connectivity index (χ4n) is 3.01. The van der Waals surface area contributed by atoms with E-state index in [0.29, 0.717) is 22.9 Å². The standard InChI is InChI=1S/C22H23ClN2O2S/c1-4-15-9-10-20(23)19(5-2)21(15)25-22(26)16-7-6-8-18(11-16)27-12-17-13-28-14(3)24-17/h6-11,13H,4-5,12H2,1-3H3,(H,25,26). The average molecular weight is 415 g/mol. The molecule has 0 bridgehead atoms. The van der Waals surface area contributed by atoms with Gasteiger partial charge in [-0.25, -0.2) is 4.98 Å². The topological polar surface area (TPSA) is 51.2 Å². The zero-order valence-electron chi connectivity index (χ0n) is 16.2. The molecular weight excluding hydrogens is 392 g/mol. The van der Waals surface area contributed by atoms with Crippen LogP contribution in [-0.4, -0.2) is 10.9 Å². The van der Waals surface area contributed by atoms with Gasteiger partial charge in [0.1, 0.15) is 12.4 Å². The Labute approximate surface area is 174 Å². The monoisotopic (exact) mass is 414 g/mol. The summed E-state index contributed by atoms with van der Waals surface area (Å²) in [5.74, 6) is 0.456. The summed E-state index contributed by atoms with van der Waals surface area (Å²) in [6.07, 6.45) is 1.56. The first-order valence-electron chi connectivity index (χ1n) is 9.27. The Bertz CT molecular complexity index is 984. The van der Waals surface area contributed by atoms with E-state index >= 15 is 0 Å². The lowest BCUT2D eigenvalue weighted by atomic mass is 10.0. The Kier molecular flexibility index (Phi) is 6.70. The number of halogens is 1. The molecule has 0 fully saturated rings. The highest BCUT2D eigenvalue weighted by molar-refractivity contribution is 7.09. The number of thiazole rings is 1. The number of carbonyl (C=O) groups is 1. The van der Waals surface area contributed by atoms with Crippen LogP contribution in [0.1, 0.15) is 46.0 Å². The number of nitrogens with zero attached hydrogens (tertiary/aromatic N) is 1. The van der Waals surface area contributed by atoms with Gasteiger partial charge in [0.2, 0.25) is 0 Å². The number of aromatic nitrogens is 1. The van der Waals surface area contributed by atoms with Gasteiger partial charge in [0.05, 0.1) is 10.7 Å². The van der Waals surface area contributed by atoms with Gasteiger partial charge in [-0.2, -0.15) is 0 Å². The fourth-order valence-corrected chi connectivity index (χ4v) is 3.90. The zero-order chi connectivity index (χ0) is 20.1. The number of hydrogen-bond donors (Lipinski definition) is 1. The van der Waals surface area contributed by atoms with Crippen molar-refractivity contribution in [1.29, 1.82) is 0 Å². The molecule has 1 N–H and O–H groups in total. The highest BCUT2D eigenvalue weighted by Crippen LogP contribution is 2.30. The van der Waals surface area contributed by atoms with Crippen LogP contribution in [0.3, 0.4) is 0 Å². The second-order valence-corrected chi connectivity index (χ2v) is 7.87. The van der Waals surface area contributed by atoms with E-state index in [1.54, 1.807) is 23.5 Å². The number of carbonyl (C=O) groups excluding carboxylic acids is 1. The van der Waals surface area contributed by atoms with E-state index in [2.05, 4.69) is 17.2 Å². The molecule has 2 aromatic carbocycles. The number of ether oxygens (including phenoxy) is 1. The van der Waals surface area contributed by atoms with Crippen LogP contribution in [0.25, 0.3) is 0 Å². The number of rotatable bonds is 7. The lowest BCUT2D eigenvalue weighted by Crippen LogP contribution is -2.15. The highest BCUT2D eigenvalue weighted by Gasteiger charge is 2.15.